The Kier molecular flexibility index (Phi) is 4.43. The van der Waals surface area contributed by atoms with Gasteiger partial charge in [0.25, 0.3) is 0 Å². The van der Waals surface area contributed by atoms with Crippen molar-refractivity contribution in [2.75, 3.05) is 24.5 Å². The summed E-state index contributed by atoms with van der Waals surface area (Å²) in [5.74, 6) is 0.319. The normalized spacial score (nSPS) is 21.1. The highest BCUT2D eigenvalue weighted by molar-refractivity contribution is 5.96. The molecule has 2 aliphatic heterocycles. The summed E-state index contributed by atoms with van der Waals surface area (Å²) in [6, 6.07) is 8.16. The molecule has 0 radical (unpaired) electrons. The number of nitrogens with zero attached hydrogens (tertiary/aromatic N) is 2. The van der Waals surface area contributed by atoms with Crippen molar-refractivity contribution in [2.24, 2.45) is 5.73 Å². The van der Waals surface area contributed by atoms with Crippen molar-refractivity contribution in [3.8, 4) is 0 Å². The van der Waals surface area contributed by atoms with Crippen molar-refractivity contribution in [1.29, 1.82) is 0 Å². The fraction of sp³-hybridized carbons (Fsp3) is 0.529. The fourth-order valence-corrected chi connectivity index (χ4v) is 3.30. The van der Waals surface area contributed by atoms with Gasteiger partial charge in [-0.25, -0.2) is 0 Å². The molecule has 1 aromatic carbocycles. The van der Waals surface area contributed by atoms with Crippen molar-refractivity contribution < 1.29 is 9.59 Å². The number of para-hydroxylation sites is 1. The van der Waals surface area contributed by atoms with E-state index in [1.807, 2.05) is 28.0 Å². The van der Waals surface area contributed by atoms with Gasteiger partial charge in [-0.3, -0.25) is 9.59 Å². The van der Waals surface area contributed by atoms with Gasteiger partial charge in [0, 0.05) is 44.2 Å². The summed E-state index contributed by atoms with van der Waals surface area (Å²) in [5.41, 5.74) is 8.06. The van der Waals surface area contributed by atoms with Crippen LogP contribution in [0, 0.1) is 0 Å². The van der Waals surface area contributed by atoms with Crippen LogP contribution < -0.4 is 10.6 Å². The van der Waals surface area contributed by atoms with E-state index in [0.717, 1.165) is 25.1 Å². The van der Waals surface area contributed by atoms with E-state index >= 15 is 0 Å². The number of carbonyl (C=O) groups excluding carboxylic acids is 2. The van der Waals surface area contributed by atoms with E-state index in [4.69, 9.17) is 5.73 Å². The molecule has 1 atom stereocenters. The van der Waals surface area contributed by atoms with Crippen LogP contribution in [0.3, 0.4) is 0 Å². The molecule has 5 heteroatoms. The second-order valence-corrected chi connectivity index (χ2v) is 6.17. The average Bonchev–Trinajstić information content (AvgIpc) is 2.96. The summed E-state index contributed by atoms with van der Waals surface area (Å²) in [7, 11) is 0. The lowest BCUT2D eigenvalue weighted by Gasteiger charge is -2.29. The Hall–Kier alpha value is -1.88. The zero-order valence-electron chi connectivity index (χ0n) is 12.8. The summed E-state index contributed by atoms with van der Waals surface area (Å²) in [6.45, 7) is 2.05. The number of amides is 2. The van der Waals surface area contributed by atoms with Gasteiger partial charge in [-0.15, -0.1) is 0 Å². The Bertz CT molecular complexity index is 573. The molecule has 3 rings (SSSR count). The lowest BCUT2D eigenvalue weighted by atomic mass is 10.0. The predicted molar refractivity (Wildman–Crippen MR) is 85.5 cm³/mol. The van der Waals surface area contributed by atoms with Crippen molar-refractivity contribution in [2.45, 2.75) is 38.1 Å². The third-order valence-electron chi connectivity index (χ3n) is 4.54. The maximum atomic E-state index is 12.1. The van der Waals surface area contributed by atoms with E-state index in [9.17, 15) is 9.59 Å². The Morgan fingerprint density at radius 2 is 2.09 bits per heavy atom. The lowest BCUT2D eigenvalue weighted by Crippen LogP contribution is -2.37. The SMILES string of the molecule is N[C@@H]1CCN(C(=O)CCCN2C(=O)CCc3ccccc32)C1. The van der Waals surface area contributed by atoms with Crippen LogP contribution >= 0.6 is 0 Å². The lowest BCUT2D eigenvalue weighted by molar-refractivity contribution is -0.130. The van der Waals surface area contributed by atoms with Crippen molar-refractivity contribution in [3.05, 3.63) is 29.8 Å². The number of hydrogen-bond acceptors (Lipinski definition) is 3. The van der Waals surface area contributed by atoms with E-state index in [1.165, 1.54) is 5.56 Å². The molecular weight excluding hydrogens is 278 g/mol. The largest absolute Gasteiger partial charge is 0.341 e. The van der Waals surface area contributed by atoms with Crippen LogP contribution in [-0.4, -0.2) is 42.4 Å². The summed E-state index contributed by atoms with van der Waals surface area (Å²) < 4.78 is 0. The van der Waals surface area contributed by atoms with Crippen LogP contribution in [0.2, 0.25) is 0 Å². The Labute approximate surface area is 131 Å². The smallest absolute Gasteiger partial charge is 0.227 e. The number of anilines is 1. The molecule has 0 bridgehead atoms. The van der Waals surface area contributed by atoms with Gasteiger partial charge in [-0.1, -0.05) is 18.2 Å². The highest BCUT2D eigenvalue weighted by Gasteiger charge is 2.25. The molecule has 0 unspecified atom stereocenters. The summed E-state index contributed by atoms with van der Waals surface area (Å²) in [5, 5.41) is 0. The Morgan fingerprint density at radius 3 is 2.86 bits per heavy atom. The topological polar surface area (TPSA) is 66.6 Å². The van der Waals surface area contributed by atoms with Gasteiger partial charge in [0.05, 0.1) is 0 Å². The van der Waals surface area contributed by atoms with Crippen LogP contribution in [-0.2, 0) is 16.0 Å². The van der Waals surface area contributed by atoms with Crippen molar-refractivity contribution >= 4 is 17.5 Å². The molecule has 2 N–H and O–H groups in total. The predicted octanol–water partition coefficient (Wildman–Crippen LogP) is 1.31. The van der Waals surface area contributed by atoms with Gasteiger partial charge >= 0.3 is 0 Å². The molecular formula is C17H23N3O2. The molecule has 1 aromatic rings. The number of nitrogens with two attached hydrogens (primary N) is 1. The van der Waals surface area contributed by atoms with E-state index in [-0.39, 0.29) is 17.9 Å². The number of benzene rings is 1. The number of fused-ring (bicyclic) bond motifs is 1. The van der Waals surface area contributed by atoms with Gasteiger partial charge < -0.3 is 15.5 Å². The van der Waals surface area contributed by atoms with Crippen LogP contribution in [0.1, 0.15) is 31.2 Å². The molecule has 22 heavy (non-hydrogen) atoms. The molecule has 1 fully saturated rings. The molecule has 0 spiro atoms. The number of aryl methyl sites for hydroxylation is 1. The molecule has 2 aliphatic rings. The molecule has 0 aliphatic carbocycles. The van der Waals surface area contributed by atoms with Crippen molar-refractivity contribution in [1.82, 2.24) is 4.90 Å². The quantitative estimate of drug-likeness (QED) is 0.911. The molecule has 0 aromatic heterocycles. The van der Waals surface area contributed by atoms with Crippen LogP contribution in [0.15, 0.2) is 24.3 Å². The molecule has 1 saturated heterocycles. The summed E-state index contributed by atoms with van der Waals surface area (Å²) in [4.78, 5) is 28.0. The molecule has 2 heterocycles. The first-order valence-electron chi connectivity index (χ1n) is 8.07. The fourth-order valence-electron chi connectivity index (χ4n) is 3.30. The number of hydrogen-bond donors (Lipinski definition) is 1. The third-order valence-corrected chi connectivity index (χ3v) is 4.54. The highest BCUT2D eigenvalue weighted by atomic mass is 16.2. The zero-order chi connectivity index (χ0) is 15.5. The first-order chi connectivity index (χ1) is 10.6. The van der Waals surface area contributed by atoms with Crippen molar-refractivity contribution in [3.63, 3.8) is 0 Å². The molecule has 118 valence electrons. The Balaban J connectivity index is 1.55. The maximum absolute atomic E-state index is 12.1. The van der Waals surface area contributed by atoms with Crippen LogP contribution in [0.4, 0.5) is 5.69 Å². The van der Waals surface area contributed by atoms with Gasteiger partial charge in [-0.05, 0) is 30.9 Å². The van der Waals surface area contributed by atoms with E-state index in [2.05, 4.69) is 6.07 Å². The first kappa shape index (κ1) is 15.0. The second kappa shape index (κ2) is 6.48. The van der Waals surface area contributed by atoms with Crippen LogP contribution in [0.5, 0.6) is 0 Å². The monoisotopic (exact) mass is 301 g/mol. The molecule has 5 nitrogen and oxygen atoms in total. The van der Waals surface area contributed by atoms with Gasteiger partial charge in [-0.2, -0.15) is 0 Å². The summed E-state index contributed by atoms with van der Waals surface area (Å²) >= 11 is 0. The minimum atomic E-state index is 0.125. The minimum Gasteiger partial charge on any atom is -0.341 e. The standard InChI is InChI=1S/C17H23N3O2/c18-14-9-11-19(12-14)16(21)6-3-10-20-15-5-2-1-4-13(15)7-8-17(20)22/h1-2,4-5,14H,3,6-12,18H2/t14-/m1/s1. The minimum absolute atomic E-state index is 0.125. The number of rotatable bonds is 4. The van der Waals surface area contributed by atoms with E-state index in [0.29, 0.717) is 32.4 Å². The van der Waals surface area contributed by atoms with E-state index in [1.54, 1.807) is 0 Å². The van der Waals surface area contributed by atoms with Crippen LogP contribution in [0.25, 0.3) is 0 Å². The average molecular weight is 301 g/mol. The third kappa shape index (κ3) is 3.14. The highest BCUT2D eigenvalue weighted by Crippen LogP contribution is 2.27. The Morgan fingerprint density at radius 1 is 1.27 bits per heavy atom. The van der Waals surface area contributed by atoms with Gasteiger partial charge in [0.1, 0.15) is 0 Å². The number of likely N-dealkylation sites (tertiary alicyclic amines) is 1. The zero-order valence-corrected chi connectivity index (χ0v) is 12.8. The second-order valence-electron chi connectivity index (χ2n) is 6.17. The van der Waals surface area contributed by atoms with E-state index < -0.39 is 0 Å². The molecule has 2 amide bonds. The number of carbonyl (C=O) groups is 2. The molecule has 0 saturated carbocycles. The van der Waals surface area contributed by atoms with Gasteiger partial charge in [0.2, 0.25) is 11.8 Å². The maximum Gasteiger partial charge on any atom is 0.227 e. The summed E-state index contributed by atoms with van der Waals surface area (Å²) in [6.07, 6.45) is 3.45. The first-order valence-corrected chi connectivity index (χ1v) is 8.07. The van der Waals surface area contributed by atoms with Gasteiger partial charge in [0.15, 0.2) is 0 Å².